The van der Waals surface area contributed by atoms with Crippen molar-refractivity contribution in [1.82, 2.24) is 24.8 Å². The zero-order valence-corrected chi connectivity index (χ0v) is 11.9. The number of hydrogen-bond donors (Lipinski definition) is 0. The molecule has 0 N–H and O–H groups in total. The van der Waals surface area contributed by atoms with Gasteiger partial charge in [-0.25, -0.2) is 0 Å². The van der Waals surface area contributed by atoms with Gasteiger partial charge >= 0.3 is 0 Å². The molecule has 0 amide bonds. The highest BCUT2D eigenvalue weighted by Crippen LogP contribution is 2.21. The number of pyridine rings is 1. The number of rotatable bonds is 3. The maximum Gasteiger partial charge on any atom is 0.235 e. The minimum absolute atomic E-state index is 0.682. The van der Waals surface area contributed by atoms with E-state index in [0.717, 1.165) is 22.1 Å². The fraction of sp³-hybridized carbons (Fsp3) is 0.0667. The summed E-state index contributed by atoms with van der Waals surface area (Å²) in [5.74, 6) is 0.682. The highest BCUT2D eigenvalue weighted by molar-refractivity contribution is 7.16. The standard InChI is InChI=1S/C15H11N5S/c1-2-6-11(7-3-1)10-13-19-20-14(17-18-15(20)21-13)12-8-4-5-9-16-12/h1-9H,10H2. The lowest BCUT2D eigenvalue weighted by Gasteiger charge is -1.96. The zero-order chi connectivity index (χ0) is 14.1. The summed E-state index contributed by atoms with van der Waals surface area (Å²) in [4.78, 5) is 5.10. The van der Waals surface area contributed by atoms with E-state index >= 15 is 0 Å². The molecule has 21 heavy (non-hydrogen) atoms. The number of nitrogens with zero attached hydrogens (tertiary/aromatic N) is 5. The fourth-order valence-electron chi connectivity index (χ4n) is 2.15. The first-order valence-corrected chi connectivity index (χ1v) is 7.38. The van der Waals surface area contributed by atoms with Crippen molar-refractivity contribution in [3.05, 3.63) is 65.3 Å². The van der Waals surface area contributed by atoms with E-state index in [2.05, 4.69) is 32.4 Å². The van der Waals surface area contributed by atoms with Gasteiger partial charge in [-0.15, -0.1) is 10.2 Å². The molecule has 3 heterocycles. The van der Waals surface area contributed by atoms with E-state index in [0.29, 0.717) is 5.82 Å². The van der Waals surface area contributed by atoms with Crippen LogP contribution in [-0.4, -0.2) is 24.8 Å². The van der Waals surface area contributed by atoms with E-state index in [1.54, 1.807) is 22.0 Å². The summed E-state index contributed by atoms with van der Waals surface area (Å²) in [6, 6.07) is 16.0. The monoisotopic (exact) mass is 293 g/mol. The molecule has 0 fully saturated rings. The van der Waals surface area contributed by atoms with Gasteiger partial charge in [-0.05, 0) is 17.7 Å². The van der Waals surface area contributed by atoms with Gasteiger partial charge in [0, 0.05) is 12.6 Å². The maximum atomic E-state index is 4.61. The molecule has 0 radical (unpaired) electrons. The van der Waals surface area contributed by atoms with Gasteiger partial charge in [0.25, 0.3) is 0 Å². The molecule has 4 rings (SSSR count). The predicted octanol–water partition coefficient (Wildman–Crippen LogP) is 2.84. The van der Waals surface area contributed by atoms with Gasteiger partial charge in [0.2, 0.25) is 10.8 Å². The quantitative estimate of drug-likeness (QED) is 0.583. The Morgan fingerprint density at radius 3 is 2.62 bits per heavy atom. The fourth-order valence-corrected chi connectivity index (χ4v) is 3.02. The summed E-state index contributed by atoms with van der Waals surface area (Å²) in [6.45, 7) is 0. The summed E-state index contributed by atoms with van der Waals surface area (Å²) in [7, 11) is 0. The SMILES string of the molecule is c1ccc(Cc2nn3c(-c4ccccn4)nnc3s2)cc1. The molecule has 0 atom stereocenters. The van der Waals surface area contributed by atoms with Crippen LogP contribution >= 0.6 is 11.3 Å². The lowest BCUT2D eigenvalue weighted by atomic mass is 10.2. The van der Waals surface area contributed by atoms with E-state index in [9.17, 15) is 0 Å². The third-order valence-electron chi connectivity index (χ3n) is 3.12. The van der Waals surface area contributed by atoms with Crippen LogP contribution in [0.5, 0.6) is 0 Å². The van der Waals surface area contributed by atoms with E-state index in [4.69, 9.17) is 0 Å². The maximum absolute atomic E-state index is 4.61. The highest BCUT2D eigenvalue weighted by Gasteiger charge is 2.14. The molecule has 1 aromatic carbocycles. The number of benzene rings is 1. The second kappa shape index (κ2) is 5.06. The van der Waals surface area contributed by atoms with Crippen LogP contribution in [0, 0.1) is 0 Å². The van der Waals surface area contributed by atoms with Gasteiger partial charge in [0.1, 0.15) is 10.7 Å². The third kappa shape index (κ3) is 2.30. The lowest BCUT2D eigenvalue weighted by Crippen LogP contribution is -1.94. The first-order chi connectivity index (χ1) is 10.4. The average Bonchev–Trinajstić information content (AvgIpc) is 3.09. The van der Waals surface area contributed by atoms with Crippen LogP contribution in [0.25, 0.3) is 16.5 Å². The molecular formula is C15H11N5S. The Morgan fingerprint density at radius 1 is 0.952 bits per heavy atom. The minimum atomic E-state index is 0.682. The molecule has 4 aromatic rings. The van der Waals surface area contributed by atoms with Crippen LogP contribution in [0.1, 0.15) is 10.6 Å². The second-order valence-corrected chi connectivity index (χ2v) is 5.63. The predicted molar refractivity (Wildman–Crippen MR) is 81.1 cm³/mol. The molecule has 0 bridgehead atoms. The van der Waals surface area contributed by atoms with Crippen molar-refractivity contribution in [1.29, 1.82) is 0 Å². The number of hydrogen-bond acceptors (Lipinski definition) is 5. The molecule has 0 spiro atoms. The van der Waals surface area contributed by atoms with E-state index in [1.807, 2.05) is 36.4 Å². The third-order valence-corrected chi connectivity index (χ3v) is 4.02. The molecule has 0 saturated carbocycles. The minimum Gasteiger partial charge on any atom is -0.253 e. The van der Waals surface area contributed by atoms with Crippen molar-refractivity contribution in [3.8, 4) is 11.5 Å². The van der Waals surface area contributed by atoms with E-state index < -0.39 is 0 Å². The average molecular weight is 293 g/mol. The summed E-state index contributed by atoms with van der Waals surface area (Å²) in [5.41, 5.74) is 2.02. The Hall–Kier alpha value is -2.60. The van der Waals surface area contributed by atoms with Crippen LogP contribution in [0.15, 0.2) is 54.7 Å². The van der Waals surface area contributed by atoms with E-state index in [1.165, 1.54) is 5.56 Å². The van der Waals surface area contributed by atoms with Crippen LogP contribution in [-0.2, 0) is 6.42 Å². The van der Waals surface area contributed by atoms with Crippen LogP contribution in [0.2, 0.25) is 0 Å². The Balaban J connectivity index is 1.73. The number of fused-ring (bicyclic) bond motifs is 1. The molecule has 102 valence electrons. The lowest BCUT2D eigenvalue weighted by molar-refractivity contribution is 0.912. The Kier molecular flexibility index (Phi) is 2.93. The smallest absolute Gasteiger partial charge is 0.235 e. The summed E-state index contributed by atoms with van der Waals surface area (Å²) >= 11 is 1.56. The van der Waals surface area contributed by atoms with Gasteiger partial charge < -0.3 is 0 Å². The van der Waals surface area contributed by atoms with Gasteiger partial charge in [-0.3, -0.25) is 4.98 Å². The van der Waals surface area contributed by atoms with Crippen LogP contribution in [0.3, 0.4) is 0 Å². The van der Waals surface area contributed by atoms with E-state index in [-0.39, 0.29) is 0 Å². The first kappa shape index (κ1) is 12.2. The van der Waals surface area contributed by atoms with Gasteiger partial charge in [-0.2, -0.15) is 9.61 Å². The molecule has 5 nitrogen and oxygen atoms in total. The molecule has 0 unspecified atom stereocenters. The van der Waals surface area contributed by atoms with Gasteiger partial charge in [-0.1, -0.05) is 47.7 Å². The normalized spacial score (nSPS) is 11.0. The van der Waals surface area contributed by atoms with Crippen molar-refractivity contribution in [3.63, 3.8) is 0 Å². The number of aromatic nitrogens is 5. The molecule has 0 aliphatic rings. The summed E-state index contributed by atoms with van der Waals surface area (Å²) in [6.07, 6.45) is 2.55. The Labute approximate surface area is 124 Å². The highest BCUT2D eigenvalue weighted by atomic mass is 32.1. The first-order valence-electron chi connectivity index (χ1n) is 6.56. The topological polar surface area (TPSA) is 56.0 Å². The van der Waals surface area contributed by atoms with Gasteiger partial charge in [0.05, 0.1) is 0 Å². The largest absolute Gasteiger partial charge is 0.253 e. The van der Waals surface area contributed by atoms with Crippen molar-refractivity contribution in [2.24, 2.45) is 0 Å². The molecule has 6 heteroatoms. The molecule has 0 aliphatic heterocycles. The van der Waals surface area contributed by atoms with Crippen molar-refractivity contribution < 1.29 is 0 Å². The van der Waals surface area contributed by atoms with Crippen molar-refractivity contribution >= 4 is 16.3 Å². The summed E-state index contributed by atoms with van der Waals surface area (Å²) in [5, 5.41) is 14.0. The molecule has 0 saturated heterocycles. The Morgan fingerprint density at radius 2 is 1.81 bits per heavy atom. The zero-order valence-electron chi connectivity index (χ0n) is 11.0. The molecule has 3 aromatic heterocycles. The summed E-state index contributed by atoms with van der Waals surface area (Å²) < 4.78 is 1.77. The molecular weight excluding hydrogens is 282 g/mol. The molecule has 0 aliphatic carbocycles. The van der Waals surface area contributed by atoms with Crippen LogP contribution in [0.4, 0.5) is 0 Å². The van der Waals surface area contributed by atoms with Crippen LogP contribution < -0.4 is 0 Å². The van der Waals surface area contributed by atoms with Crippen molar-refractivity contribution in [2.75, 3.05) is 0 Å². The Bertz CT molecular complexity index is 867. The second-order valence-electron chi connectivity index (χ2n) is 4.59. The van der Waals surface area contributed by atoms with Crippen molar-refractivity contribution in [2.45, 2.75) is 6.42 Å². The van der Waals surface area contributed by atoms with Gasteiger partial charge in [0.15, 0.2) is 0 Å².